The molecule has 3 N–H and O–H groups in total. The smallest absolute Gasteiger partial charge is 0.239 e. The summed E-state index contributed by atoms with van der Waals surface area (Å²) < 4.78 is 0. The number of rotatable bonds is 4. The van der Waals surface area contributed by atoms with E-state index in [0.29, 0.717) is 6.54 Å². The number of nitrogens with one attached hydrogen (secondary N) is 3. The zero-order valence-corrected chi connectivity index (χ0v) is 11.0. The SMILES string of the molecule is CCC(NC(=O)C1CNC(=O)CN1)c1ccccc1. The normalized spacial score (nSPS) is 20.5. The molecule has 1 aliphatic rings. The van der Waals surface area contributed by atoms with Gasteiger partial charge in [0.2, 0.25) is 11.8 Å². The van der Waals surface area contributed by atoms with Crippen LogP contribution in [0.2, 0.25) is 0 Å². The highest BCUT2D eigenvalue weighted by molar-refractivity contribution is 5.86. The highest BCUT2D eigenvalue weighted by Gasteiger charge is 2.25. The Morgan fingerprint density at radius 2 is 2.16 bits per heavy atom. The van der Waals surface area contributed by atoms with Gasteiger partial charge < -0.3 is 10.6 Å². The minimum atomic E-state index is -0.351. The molecule has 5 heteroatoms. The van der Waals surface area contributed by atoms with Gasteiger partial charge in [-0.15, -0.1) is 0 Å². The van der Waals surface area contributed by atoms with Crippen molar-refractivity contribution in [1.29, 1.82) is 0 Å². The van der Waals surface area contributed by atoms with Crippen LogP contribution in [0.1, 0.15) is 24.9 Å². The summed E-state index contributed by atoms with van der Waals surface area (Å²) in [5.74, 6) is -0.144. The number of hydrogen-bond donors (Lipinski definition) is 3. The molecule has 0 aliphatic carbocycles. The molecule has 2 atom stereocenters. The van der Waals surface area contributed by atoms with Gasteiger partial charge in [-0.05, 0) is 12.0 Å². The third-order valence-electron chi connectivity index (χ3n) is 3.26. The van der Waals surface area contributed by atoms with E-state index in [9.17, 15) is 9.59 Å². The van der Waals surface area contributed by atoms with Gasteiger partial charge in [0.05, 0.1) is 12.6 Å². The molecule has 0 aromatic heterocycles. The van der Waals surface area contributed by atoms with Crippen molar-refractivity contribution >= 4 is 11.8 Å². The van der Waals surface area contributed by atoms with Crippen LogP contribution >= 0.6 is 0 Å². The Morgan fingerprint density at radius 1 is 1.42 bits per heavy atom. The maximum atomic E-state index is 12.1. The van der Waals surface area contributed by atoms with Gasteiger partial charge in [0.25, 0.3) is 0 Å². The zero-order chi connectivity index (χ0) is 13.7. The van der Waals surface area contributed by atoms with Crippen molar-refractivity contribution in [2.45, 2.75) is 25.4 Å². The van der Waals surface area contributed by atoms with Gasteiger partial charge in [0, 0.05) is 6.54 Å². The summed E-state index contributed by atoms with van der Waals surface area (Å²) in [5.41, 5.74) is 1.10. The molecule has 1 aromatic rings. The molecule has 1 fully saturated rings. The number of carbonyl (C=O) groups is 2. The lowest BCUT2D eigenvalue weighted by Crippen LogP contribution is -2.58. The molecule has 0 radical (unpaired) electrons. The van der Waals surface area contributed by atoms with Gasteiger partial charge >= 0.3 is 0 Å². The Morgan fingerprint density at radius 3 is 2.74 bits per heavy atom. The van der Waals surface area contributed by atoms with E-state index >= 15 is 0 Å². The van der Waals surface area contributed by atoms with Crippen LogP contribution in [0.4, 0.5) is 0 Å². The van der Waals surface area contributed by atoms with Crippen LogP contribution in [0.25, 0.3) is 0 Å². The van der Waals surface area contributed by atoms with Crippen molar-refractivity contribution in [2.75, 3.05) is 13.1 Å². The third-order valence-corrected chi connectivity index (χ3v) is 3.26. The average molecular weight is 261 g/mol. The van der Waals surface area contributed by atoms with Gasteiger partial charge in [0.15, 0.2) is 0 Å². The van der Waals surface area contributed by atoms with Crippen molar-refractivity contribution in [3.8, 4) is 0 Å². The van der Waals surface area contributed by atoms with Crippen LogP contribution in [0.3, 0.4) is 0 Å². The first-order chi connectivity index (χ1) is 9.20. The fraction of sp³-hybridized carbons (Fsp3) is 0.429. The lowest BCUT2D eigenvalue weighted by Gasteiger charge is -2.26. The van der Waals surface area contributed by atoms with Crippen LogP contribution in [0.15, 0.2) is 30.3 Å². The average Bonchev–Trinajstić information content (AvgIpc) is 2.46. The first kappa shape index (κ1) is 13.5. The van der Waals surface area contributed by atoms with E-state index in [-0.39, 0.29) is 30.4 Å². The predicted molar refractivity (Wildman–Crippen MR) is 72.4 cm³/mol. The lowest BCUT2D eigenvalue weighted by molar-refractivity contribution is -0.127. The predicted octanol–water partition coefficient (Wildman–Crippen LogP) is 0.342. The molecular formula is C14H19N3O2. The van der Waals surface area contributed by atoms with Crippen LogP contribution in [-0.2, 0) is 9.59 Å². The molecule has 1 aromatic carbocycles. The Bertz CT molecular complexity index is 437. The molecule has 1 aliphatic heterocycles. The van der Waals surface area contributed by atoms with E-state index in [1.165, 1.54) is 0 Å². The van der Waals surface area contributed by atoms with E-state index in [1.807, 2.05) is 37.3 Å². The van der Waals surface area contributed by atoms with Gasteiger partial charge in [-0.1, -0.05) is 37.3 Å². The van der Waals surface area contributed by atoms with Crippen molar-refractivity contribution in [3.63, 3.8) is 0 Å². The minimum absolute atomic E-state index is 0.00753. The summed E-state index contributed by atoms with van der Waals surface area (Å²) in [6, 6.07) is 9.54. The van der Waals surface area contributed by atoms with Crippen molar-refractivity contribution in [3.05, 3.63) is 35.9 Å². The van der Waals surface area contributed by atoms with E-state index in [0.717, 1.165) is 12.0 Å². The van der Waals surface area contributed by atoms with Gasteiger partial charge in [-0.25, -0.2) is 0 Å². The second kappa shape index (κ2) is 6.33. The quantitative estimate of drug-likeness (QED) is 0.732. The first-order valence-electron chi connectivity index (χ1n) is 6.56. The molecule has 0 saturated carbocycles. The number of piperazine rings is 1. The van der Waals surface area contributed by atoms with Crippen LogP contribution < -0.4 is 16.0 Å². The van der Waals surface area contributed by atoms with Crippen LogP contribution in [-0.4, -0.2) is 30.9 Å². The minimum Gasteiger partial charge on any atom is -0.353 e. The Hall–Kier alpha value is -1.88. The Kier molecular flexibility index (Phi) is 4.52. The summed E-state index contributed by atoms with van der Waals surface area (Å²) >= 11 is 0. The molecule has 0 bridgehead atoms. The second-order valence-corrected chi connectivity index (χ2v) is 4.62. The molecule has 2 amide bonds. The molecule has 19 heavy (non-hydrogen) atoms. The van der Waals surface area contributed by atoms with Crippen LogP contribution in [0, 0.1) is 0 Å². The summed E-state index contributed by atoms with van der Waals surface area (Å²) in [5, 5.41) is 8.62. The molecule has 5 nitrogen and oxygen atoms in total. The monoisotopic (exact) mass is 261 g/mol. The number of benzene rings is 1. The highest BCUT2D eigenvalue weighted by atomic mass is 16.2. The van der Waals surface area contributed by atoms with Crippen molar-refractivity contribution < 1.29 is 9.59 Å². The number of carbonyl (C=O) groups excluding carboxylic acids is 2. The maximum Gasteiger partial charge on any atom is 0.239 e. The summed E-state index contributed by atoms with van der Waals surface area (Å²) in [6.45, 7) is 2.57. The molecule has 1 heterocycles. The Labute approximate surface area is 112 Å². The summed E-state index contributed by atoms with van der Waals surface area (Å²) in [6.07, 6.45) is 0.828. The van der Waals surface area contributed by atoms with Crippen LogP contribution in [0.5, 0.6) is 0 Å². The highest BCUT2D eigenvalue weighted by Crippen LogP contribution is 2.15. The largest absolute Gasteiger partial charge is 0.353 e. The summed E-state index contributed by atoms with van der Waals surface area (Å²) in [7, 11) is 0. The fourth-order valence-electron chi connectivity index (χ4n) is 2.13. The molecule has 0 spiro atoms. The van der Waals surface area contributed by atoms with Gasteiger partial charge in [0.1, 0.15) is 6.04 Å². The van der Waals surface area contributed by atoms with E-state index in [2.05, 4.69) is 16.0 Å². The topological polar surface area (TPSA) is 70.2 Å². The molecule has 1 saturated heterocycles. The molecule has 2 unspecified atom stereocenters. The van der Waals surface area contributed by atoms with E-state index in [1.54, 1.807) is 0 Å². The number of hydrogen-bond acceptors (Lipinski definition) is 3. The van der Waals surface area contributed by atoms with Crippen molar-refractivity contribution in [1.82, 2.24) is 16.0 Å². The molecule has 102 valence electrons. The van der Waals surface area contributed by atoms with E-state index < -0.39 is 0 Å². The van der Waals surface area contributed by atoms with Gasteiger partial charge in [-0.2, -0.15) is 0 Å². The number of amides is 2. The lowest BCUT2D eigenvalue weighted by atomic mass is 10.0. The summed E-state index contributed by atoms with van der Waals surface area (Å²) in [4.78, 5) is 23.1. The van der Waals surface area contributed by atoms with Crippen molar-refractivity contribution in [2.24, 2.45) is 0 Å². The van der Waals surface area contributed by atoms with E-state index in [4.69, 9.17) is 0 Å². The standard InChI is InChI=1S/C14H19N3O2/c1-2-11(10-6-4-3-5-7-10)17-14(19)12-8-16-13(18)9-15-12/h3-7,11-12,15H,2,8-9H2,1H3,(H,16,18)(H,17,19). The molecular weight excluding hydrogens is 242 g/mol. The first-order valence-corrected chi connectivity index (χ1v) is 6.56. The third kappa shape index (κ3) is 3.54. The second-order valence-electron chi connectivity index (χ2n) is 4.62. The van der Waals surface area contributed by atoms with Gasteiger partial charge in [-0.3, -0.25) is 14.9 Å². The zero-order valence-electron chi connectivity index (χ0n) is 11.0. The Balaban J connectivity index is 1.95. The fourth-order valence-corrected chi connectivity index (χ4v) is 2.13. The molecule has 2 rings (SSSR count). The maximum absolute atomic E-state index is 12.1.